The molecule has 2 N–H and O–H groups in total. The summed E-state index contributed by atoms with van der Waals surface area (Å²) in [5.74, 6) is 0.663. The van der Waals surface area contributed by atoms with Crippen LogP contribution in [0.3, 0.4) is 0 Å². The molecule has 0 aromatic heterocycles. The lowest BCUT2D eigenvalue weighted by Crippen LogP contribution is -2.37. The summed E-state index contributed by atoms with van der Waals surface area (Å²) in [5.41, 5.74) is 7.79. The van der Waals surface area contributed by atoms with Crippen LogP contribution in [-0.4, -0.2) is 26.8 Å². The maximum absolute atomic E-state index is 5.69. The Bertz CT molecular complexity index is 321. The molecule has 1 saturated heterocycles. The number of hydrogen-bond acceptors (Lipinski definition) is 3. The third-order valence-corrected chi connectivity index (χ3v) is 3.18. The first kappa shape index (κ1) is 11.3. The lowest BCUT2D eigenvalue weighted by molar-refractivity contribution is 0.143. The van der Waals surface area contributed by atoms with Gasteiger partial charge in [0, 0.05) is 31.6 Å². The van der Waals surface area contributed by atoms with E-state index in [9.17, 15) is 0 Å². The summed E-state index contributed by atoms with van der Waals surface area (Å²) < 4.78 is 5.24. The summed E-state index contributed by atoms with van der Waals surface area (Å²) in [6.07, 6.45) is 2.53. The number of methoxy groups -OCH3 is 1. The smallest absolute Gasteiger partial charge is 0.0507 e. The Morgan fingerprint density at radius 1 is 1.38 bits per heavy atom. The van der Waals surface area contributed by atoms with Gasteiger partial charge in [-0.05, 0) is 43.0 Å². The molecular formula is C13H20N2O. The lowest BCUT2D eigenvalue weighted by Gasteiger charge is -2.34. The Morgan fingerprint density at radius 2 is 2.12 bits per heavy atom. The molecule has 3 heteroatoms. The fourth-order valence-electron chi connectivity index (χ4n) is 2.36. The highest BCUT2D eigenvalue weighted by Gasteiger charge is 2.19. The summed E-state index contributed by atoms with van der Waals surface area (Å²) in [5, 5.41) is 0. The molecule has 1 heterocycles. The highest BCUT2D eigenvalue weighted by molar-refractivity contribution is 5.53. The molecule has 88 valence electrons. The van der Waals surface area contributed by atoms with Crippen molar-refractivity contribution >= 4 is 11.4 Å². The molecule has 0 aliphatic carbocycles. The molecule has 0 amide bonds. The van der Waals surface area contributed by atoms with Gasteiger partial charge in [-0.25, -0.2) is 0 Å². The molecule has 0 spiro atoms. The molecular weight excluding hydrogens is 200 g/mol. The predicted octanol–water partition coefficient (Wildman–Crippen LogP) is 2.13. The van der Waals surface area contributed by atoms with Gasteiger partial charge in [0.05, 0.1) is 6.61 Å². The minimum absolute atomic E-state index is 0.663. The number of benzene rings is 1. The van der Waals surface area contributed by atoms with Crippen molar-refractivity contribution in [3.63, 3.8) is 0 Å². The van der Waals surface area contributed by atoms with Crippen LogP contribution >= 0.6 is 0 Å². The SMILES string of the molecule is COC[C@@H]1CCCN(c2ccc(N)cc2)C1. The van der Waals surface area contributed by atoms with E-state index in [0.717, 1.165) is 25.4 Å². The molecule has 1 aromatic carbocycles. The van der Waals surface area contributed by atoms with Crippen LogP contribution in [0.2, 0.25) is 0 Å². The van der Waals surface area contributed by atoms with Crippen molar-refractivity contribution in [3.8, 4) is 0 Å². The Balaban J connectivity index is 2.01. The second-order valence-corrected chi connectivity index (χ2v) is 4.50. The zero-order chi connectivity index (χ0) is 11.4. The molecule has 1 atom stereocenters. The van der Waals surface area contributed by atoms with E-state index in [-0.39, 0.29) is 0 Å². The van der Waals surface area contributed by atoms with Crippen LogP contribution in [0, 0.1) is 5.92 Å². The first-order chi connectivity index (χ1) is 7.79. The number of ether oxygens (including phenoxy) is 1. The van der Waals surface area contributed by atoms with E-state index in [0.29, 0.717) is 5.92 Å². The van der Waals surface area contributed by atoms with Crippen molar-refractivity contribution in [1.82, 2.24) is 0 Å². The minimum Gasteiger partial charge on any atom is -0.399 e. The van der Waals surface area contributed by atoms with Crippen molar-refractivity contribution in [3.05, 3.63) is 24.3 Å². The van der Waals surface area contributed by atoms with Crippen molar-refractivity contribution in [2.75, 3.05) is 37.4 Å². The molecule has 1 fully saturated rings. The Hall–Kier alpha value is -1.22. The lowest BCUT2D eigenvalue weighted by atomic mass is 9.98. The van der Waals surface area contributed by atoms with Crippen molar-refractivity contribution in [2.45, 2.75) is 12.8 Å². The first-order valence-electron chi connectivity index (χ1n) is 5.89. The molecule has 0 radical (unpaired) electrons. The van der Waals surface area contributed by atoms with Gasteiger partial charge in [0.2, 0.25) is 0 Å². The number of nitrogen functional groups attached to an aromatic ring is 1. The topological polar surface area (TPSA) is 38.5 Å². The van der Waals surface area contributed by atoms with Gasteiger partial charge < -0.3 is 15.4 Å². The minimum atomic E-state index is 0.663. The third kappa shape index (κ3) is 2.67. The molecule has 2 rings (SSSR count). The number of nitrogens with zero attached hydrogens (tertiary/aromatic N) is 1. The van der Waals surface area contributed by atoms with Gasteiger partial charge in [-0.15, -0.1) is 0 Å². The molecule has 16 heavy (non-hydrogen) atoms. The van der Waals surface area contributed by atoms with E-state index in [1.54, 1.807) is 7.11 Å². The van der Waals surface area contributed by atoms with Crippen LogP contribution in [-0.2, 0) is 4.74 Å². The Kier molecular flexibility index (Phi) is 3.67. The van der Waals surface area contributed by atoms with Crippen LogP contribution in [0.1, 0.15) is 12.8 Å². The Morgan fingerprint density at radius 3 is 2.81 bits per heavy atom. The largest absolute Gasteiger partial charge is 0.399 e. The van der Waals surface area contributed by atoms with E-state index in [1.165, 1.54) is 18.5 Å². The van der Waals surface area contributed by atoms with E-state index in [1.807, 2.05) is 12.1 Å². The van der Waals surface area contributed by atoms with Gasteiger partial charge in [-0.3, -0.25) is 0 Å². The molecule has 0 saturated carbocycles. The summed E-state index contributed by atoms with van der Waals surface area (Å²) in [7, 11) is 1.78. The van der Waals surface area contributed by atoms with Crippen molar-refractivity contribution in [1.29, 1.82) is 0 Å². The molecule has 1 aliphatic heterocycles. The maximum Gasteiger partial charge on any atom is 0.0507 e. The van der Waals surface area contributed by atoms with E-state index in [2.05, 4.69) is 17.0 Å². The molecule has 0 unspecified atom stereocenters. The molecule has 3 nitrogen and oxygen atoms in total. The monoisotopic (exact) mass is 220 g/mol. The van der Waals surface area contributed by atoms with Crippen LogP contribution < -0.4 is 10.6 Å². The highest BCUT2D eigenvalue weighted by Crippen LogP contribution is 2.23. The Labute approximate surface area is 97.2 Å². The summed E-state index contributed by atoms with van der Waals surface area (Å²) in [6.45, 7) is 3.10. The fraction of sp³-hybridized carbons (Fsp3) is 0.538. The van der Waals surface area contributed by atoms with Gasteiger partial charge in [0.15, 0.2) is 0 Å². The van der Waals surface area contributed by atoms with Crippen LogP contribution in [0.5, 0.6) is 0 Å². The van der Waals surface area contributed by atoms with Gasteiger partial charge in [-0.2, -0.15) is 0 Å². The predicted molar refractivity (Wildman–Crippen MR) is 67.7 cm³/mol. The summed E-state index contributed by atoms with van der Waals surface area (Å²) in [6, 6.07) is 8.14. The van der Waals surface area contributed by atoms with Gasteiger partial charge in [-0.1, -0.05) is 0 Å². The summed E-state index contributed by atoms with van der Waals surface area (Å²) in [4.78, 5) is 2.42. The maximum atomic E-state index is 5.69. The van der Waals surface area contributed by atoms with Crippen LogP contribution in [0.4, 0.5) is 11.4 Å². The van der Waals surface area contributed by atoms with Crippen molar-refractivity contribution < 1.29 is 4.74 Å². The van der Waals surface area contributed by atoms with Gasteiger partial charge in [0.25, 0.3) is 0 Å². The standard InChI is InChI=1S/C13H20N2O/c1-16-10-11-3-2-8-15(9-11)13-6-4-12(14)5-7-13/h4-7,11H,2-3,8-10,14H2,1H3/t11-/m1/s1. The van der Waals surface area contributed by atoms with E-state index in [4.69, 9.17) is 10.5 Å². The fourth-order valence-corrected chi connectivity index (χ4v) is 2.36. The second kappa shape index (κ2) is 5.21. The highest BCUT2D eigenvalue weighted by atomic mass is 16.5. The average Bonchev–Trinajstić information content (AvgIpc) is 2.31. The van der Waals surface area contributed by atoms with Crippen molar-refractivity contribution in [2.24, 2.45) is 5.92 Å². The normalized spacial score (nSPS) is 21.1. The van der Waals surface area contributed by atoms with E-state index < -0.39 is 0 Å². The summed E-state index contributed by atoms with van der Waals surface area (Å²) >= 11 is 0. The second-order valence-electron chi connectivity index (χ2n) is 4.50. The number of piperidine rings is 1. The van der Waals surface area contributed by atoms with Crippen LogP contribution in [0.25, 0.3) is 0 Å². The zero-order valence-electron chi connectivity index (χ0n) is 9.86. The number of hydrogen-bond donors (Lipinski definition) is 1. The number of rotatable bonds is 3. The average molecular weight is 220 g/mol. The quantitative estimate of drug-likeness (QED) is 0.793. The number of nitrogens with two attached hydrogens (primary N) is 1. The van der Waals surface area contributed by atoms with Gasteiger partial charge >= 0.3 is 0 Å². The molecule has 1 aromatic rings. The molecule has 0 bridgehead atoms. The first-order valence-corrected chi connectivity index (χ1v) is 5.89. The van der Waals surface area contributed by atoms with Gasteiger partial charge in [0.1, 0.15) is 0 Å². The zero-order valence-corrected chi connectivity index (χ0v) is 9.86. The molecule has 1 aliphatic rings. The number of anilines is 2. The third-order valence-electron chi connectivity index (χ3n) is 3.18. The van der Waals surface area contributed by atoms with E-state index >= 15 is 0 Å². The van der Waals surface area contributed by atoms with Crippen LogP contribution in [0.15, 0.2) is 24.3 Å².